The summed E-state index contributed by atoms with van der Waals surface area (Å²) in [7, 11) is -5.65. The summed E-state index contributed by atoms with van der Waals surface area (Å²) in [5, 5.41) is 6.36. The minimum atomic E-state index is -3.57. The highest BCUT2D eigenvalue weighted by atomic mass is 32.2. The molecule has 252 valence electrons. The molecule has 0 aliphatic heterocycles. The van der Waals surface area contributed by atoms with E-state index in [0.29, 0.717) is 24.6 Å². The van der Waals surface area contributed by atoms with E-state index in [1.165, 1.54) is 21.9 Å². The number of hydrogen-bond donors (Lipinski definition) is 2. The van der Waals surface area contributed by atoms with E-state index in [9.17, 15) is 8.42 Å². The molecule has 0 saturated heterocycles. The zero-order valence-corrected chi connectivity index (χ0v) is 30.3. The highest BCUT2D eigenvalue weighted by molar-refractivity contribution is 7.92. The molecule has 0 amide bonds. The van der Waals surface area contributed by atoms with Crippen LogP contribution in [0.2, 0.25) is 18.1 Å². The third-order valence-electron chi connectivity index (χ3n) is 9.26. The predicted molar refractivity (Wildman–Crippen MR) is 202 cm³/mol. The maximum atomic E-state index is 12.5. The van der Waals surface area contributed by atoms with Gasteiger partial charge in [0.1, 0.15) is 12.4 Å². The molecule has 0 saturated carbocycles. The second-order valence-electron chi connectivity index (χ2n) is 12.5. The van der Waals surface area contributed by atoms with Gasteiger partial charge in [-0.15, -0.1) is 0 Å². The predicted octanol–water partition coefficient (Wildman–Crippen LogP) is 9.43. The average Bonchev–Trinajstić information content (AvgIpc) is 3.11. The van der Waals surface area contributed by atoms with E-state index >= 15 is 0 Å². The van der Waals surface area contributed by atoms with Gasteiger partial charge in [0.2, 0.25) is 10.0 Å². The Morgan fingerprint density at radius 2 is 1.35 bits per heavy atom. The van der Waals surface area contributed by atoms with Crippen LogP contribution >= 0.6 is 0 Å². The summed E-state index contributed by atoms with van der Waals surface area (Å²) in [6.45, 7) is 7.57. The van der Waals surface area contributed by atoms with E-state index in [4.69, 9.17) is 9.16 Å². The van der Waals surface area contributed by atoms with Crippen molar-refractivity contribution in [3.05, 3.63) is 144 Å². The van der Waals surface area contributed by atoms with Gasteiger partial charge in [-0.1, -0.05) is 130 Å². The fourth-order valence-corrected chi connectivity index (χ4v) is 9.75. The molecule has 0 fully saturated rings. The Morgan fingerprint density at radius 1 is 0.729 bits per heavy atom. The van der Waals surface area contributed by atoms with E-state index in [1.807, 2.05) is 54.6 Å². The number of fused-ring (bicyclic) bond motifs is 1. The first-order chi connectivity index (χ1) is 23.2. The Morgan fingerprint density at radius 3 is 2.02 bits per heavy atom. The van der Waals surface area contributed by atoms with E-state index in [1.54, 1.807) is 0 Å². The van der Waals surface area contributed by atoms with Crippen molar-refractivity contribution in [2.45, 2.75) is 64.1 Å². The summed E-state index contributed by atoms with van der Waals surface area (Å²) in [5.41, 5.74) is 4.81. The number of nitrogens with one attached hydrogen (secondary N) is 2. The van der Waals surface area contributed by atoms with Crippen molar-refractivity contribution in [2.75, 3.05) is 17.5 Å². The van der Waals surface area contributed by atoms with Crippen molar-refractivity contribution in [3.63, 3.8) is 0 Å². The van der Waals surface area contributed by atoms with Crippen LogP contribution in [0.3, 0.4) is 0 Å². The minimum absolute atomic E-state index is 0.0210. The summed E-state index contributed by atoms with van der Waals surface area (Å²) >= 11 is 0. The van der Waals surface area contributed by atoms with Gasteiger partial charge in [0.25, 0.3) is 0 Å². The number of hydrogen-bond acceptors (Lipinski definition) is 5. The van der Waals surface area contributed by atoms with Crippen LogP contribution in [0.5, 0.6) is 5.75 Å². The fraction of sp³-hybridized carbons (Fsp3) is 0.300. The van der Waals surface area contributed by atoms with E-state index in [0.717, 1.165) is 41.9 Å². The summed E-state index contributed by atoms with van der Waals surface area (Å²) < 4.78 is 41.1. The van der Waals surface area contributed by atoms with Crippen LogP contribution in [0.1, 0.15) is 55.2 Å². The molecule has 0 aliphatic rings. The van der Waals surface area contributed by atoms with Crippen LogP contribution in [-0.4, -0.2) is 29.5 Å². The fourth-order valence-electron chi connectivity index (χ4n) is 6.36. The third kappa shape index (κ3) is 9.35. The number of rotatable bonds is 17. The molecular weight excluding hydrogens is 633 g/mol. The van der Waals surface area contributed by atoms with Crippen LogP contribution in [0.4, 0.5) is 5.69 Å². The molecule has 48 heavy (non-hydrogen) atoms. The largest absolute Gasteiger partial charge is 0.487 e. The Kier molecular flexibility index (Phi) is 12.1. The Balaban J connectivity index is 1.51. The van der Waals surface area contributed by atoms with Crippen molar-refractivity contribution in [3.8, 4) is 5.75 Å². The highest BCUT2D eigenvalue weighted by Crippen LogP contribution is 2.35. The zero-order valence-electron chi connectivity index (χ0n) is 28.5. The Hall–Kier alpha value is -3.95. The smallest absolute Gasteiger partial charge is 0.229 e. The van der Waals surface area contributed by atoms with Crippen molar-refractivity contribution < 1.29 is 17.6 Å². The minimum Gasteiger partial charge on any atom is -0.487 e. The second kappa shape index (κ2) is 16.4. The lowest BCUT2D eigenvalue weighted by molar-refractivity contribution is 0.181. The van der Waals surface area contributed by atoms with Gasteiger partial charge in [0, 0.05) is 12.6 Å². The average molecular weight is 681 g/mol. The van der Waals surface area contributed by atoms with E-state index < -0.39 is 18.3 Å². The van der Waals surface area contributed by atoms with Gasteiger partial charge in [0.15, 0.2) is 8.32 Å². The molecule has 0 radical (unpaired) electrons. The lowest BCUT2D eigenvalue weighted by Crippen LogP contribution is -2.40. The lowest BCUT2D eigenvalue weighted by atomic mass is 9.93. The van der Waals surface area contributed by atoms with E-state index in [2.05, 4.69) is 97.5 Å². The molecule has 6 nitrogen and oxygen atoms in total. The lowest BCUT2D eigenvalue weighted by Gasteiger charge is -2.35. The topological polar surface area (TPSA) is 76.7 Å². The molecule has 0 aliphatic carbocycles. The zero-order chi connectivity index (χ0) is 34.0. The number of ether oxygens (including phenoxy) is 1. The summed E-state index contributed by atoms with van der Waals surface area (Å²) in [6.07, 6.45) is 1.68. The third-order valence-corrected chi connectivity index (χ3v) is 14.5. The van der Waals surface area contributed by atoms with Crippen molar-refractivity contribution in [1.82, 2.24) is 5.32 Å². The maximum absolute atomic E-state index is 12.5. The molecule has 0 heterocycles. The van der Waals surface area contributed by atoms with Gasteiger partial charge in [0.05, 0.1) is 18.0 Å². The molecular formula is C40H48N2O4SSi. The molecule has 5 aromatic rings. The summed E-state index contributed by atoms with van der Waals surface area (Å²) in [4.78, 5) is 0. The Bertz CT molecular complexity index is 1850. The quantitative estimate of drug-likeness (QED) is 0.0958. The molecule has 0 spiro atoms. The number of benzene rings is 5. The van der Waals surface area contributed by atoms with Crippen molar-refractivity contribution >= 4 is 34.8 Å². The number of anilines is 1. The number of sulfonamides is 1. The molecule has 2 N–H and O–H groups in total. The standard InChI is InChI=1S/C40H48N2O4SSi/c1-5-48(6-2,7-3)46-40(34-25-26-39(38(28-34)42-47(4,43)44)45-30-32-19-12-9-13-20-32)29-41-37(27-31-17-10-8-11-18-31)36-24-16-22-33-21-14-15-23-35(33)36/h8-26,28,37,40-42H,5-7,27,29-30H2,1-4H3/t37-,40+/m1/s1. The SMILES string of the molecule is CC[Si](CC)(CC)O[C@@H](CN[C@H](Cc1ccccc1)c1cccc2ccccc12)c1ccc(OCc2ccccc2)c(NS(C)(=O)=O)c1. The molecule has 0 aromatic heterocycles. The molecule has 5 aromatic carbocycles. The molecule has 5 rings (SSSR count). The van der Waals surface area contributed by atoms with Gasteiger partial charge < -0.3 is 14.5 Å². The van der Waals surface area contributed by atoms with Crippen LogP contribution in [0.15, 0.2) is 121 Å². The van der Waals surface area contributed by atoms with Gasteiger partial charge in [-0.3, -0.25) is 4.72 Å². The summed E-state index contributed by atoms with van der Waals surface area (Å²) in [6, 6.07) is 44.2. The van der Waals surface area contributed by atoms with Crippen LogP contribution in [0.25, 0.3) is 10.8 Å². The molecule has 0 bridgehead atoms. The normalized spacial score (nSPS) is 13.2. The first kappa shape index (κ1) is 35.4. The van der Waals surface area contributed by atoms with Crippen LogP contribution in [-0.2, 0) is 27.5 Å². The molecule has 8 heteroatoms. The maximum Gasteiger partial charge on any atom is 0.229 e. The van der Waals surface area contributed by atoms with Crippen LogP contribution < -0.4 is 14.8 Å². The first-order valence-corrected chi connectivity index (χ1v) is 21.4. The van der Waals surface area contributed by atoms with Gasteiger partial charge in [-0.2, -0.15) is 0 Å². The van der Waals surface area contributed by atoms with Crippen molar-refractivity contribution in [2.24, 2.45) is 0 Å². The highest BCUT2D eigenvalue weighted by Gasteiger charge is 2.33. The molecule has 2 atom stereocenters. The van der Waals surface area contributed by atoms with Crippen LogP contribution in [0, 0.1) is 0 Å². The van der Waals surface area contributed by atoms with Gasteiger partial charge >= 0.3 is 0 Å². The monoisotopic (exact) mass is 680 g/mol. The second-order valence-corrected chi connectivity index (χ2v) is 18.9. The first-order valence-electron chi connectivity index (χ1n) is 16.9. The van der Waals surface area contributed by atoms with Gasteiger partial charge in [-0.25, -0.2) is 8.42 Å². The van der Waals surface area contributed by atoms with Crippen molar-refractivity contribution in [1.29, 1.82) is 0 Å². The Labute approximate surface area is 287 Å². The van der Waals surface area contributed by atoms with Gasteiger partial charge in [-0.05, 0) is 69.7 Å². The summed E-state index contributed by atoms with van der Waals surface area (Å²) in [5.74, 6) is 0.474. The van der Waals surface area contributed by atoms with E-state index in [-0.39, 0.29) is 12.1 Å². The molecule has 0 unspecified atom stereocenters.